The molecule has 2 aromatic rings. The van der Waals surface area contributed by atoms with Gasteiger partial charge in [0.05, 0.1) is 11.5 Å². The molecule has 1 aromatic heterocycles. The number of hydrogen-bond acceptors (Lipinski definition) is 5. The Morgan fingerprint density at radius 1 is 1.30 bits per heavy atom. The van der Waals surface area contributed by atoms with E-state index in [9.17, 15) is 10.1 Å². The molecule has 0 unspecified atom stereocenters. The Labute approximate surface area is 141 Å². The maximum absolute atomic E-state index is 10.7. The molecule has 1 aliphatic heterocycles. The van der Waals surface area contributed by atoms with Crippen LogP contribution in [-0.4, -0.2) is 35.5 Å². The summed E-state index contributed by atoms with van der Waals surface area (Å²) in [5, 5.41) is 14.1. The van der Waals surface area contributed by atoms with E-state index in [0.717, 1.165) is 43.3 Å². The van der Waals surface area contributed by atoms with E-state index in [1.807, 2.05) is 12.1 Å². The van der Waals surface area contributed by atoms with Gasteiger partial charge in [-0.25, -0.2) is 0 Å². The molecule has 1 N–H and O–H groups in total. The third kappa shape index (κ3) is 4.31. The lowest BCUT2D eigenvalue weighted by molar-refractivity contribution is -0.384. The van der Waals surface area contributed by atoms with Gasteiger partial charge in [0.1, 0.15) is 11.5 Å². The zero-order valence-electron chi connectivity index (χ0n) is 12.9. The number of nitrogens with one attached hydrogen (secondary N) is 1. The van der Waals surface area contributed by atoms with Crippen molar-refractivity contribution in [2.24, 2.45) is 0 Å². The monoisotopic (exact) mass is 337 g/mol. The topological polar surface area (TPSA) is 71.5 Å². The summed E-state index contributed by atoms with van der Waals surface area (Å²) >= 11 is 0. The number of hydrogen-bond donors (Lipinski definition) is 1. The summed E-state index contributed by atoms with van der Waals surface area (Å²) in [5.41, 5.74) is 0.941. The lowest BCUT2D eigenvalue weighted by Crippen LogP contribution is -2.48. The van der Waals surface area contributed by atoms with Gasteiger partial charge >= 0.3 is 0 Å². The van der Waals surface area contributed by atoms with Crippen molar-refractivity contribution in [1.29, 1.82) is 0 Å². The second-order valence-corrected chi connectivity index (χ2v) is 5.66. The van der Waals surface area contributed by atoms with Gasteiger partial charge in [-0.2, -0.15) is 0 Å². The number of benzene rings is 1. The zero-order chi connectivity index (χ0) is 15.5. The fraction of sp³-hybridized carbons (Fsp3) is 0.375. The van der Waals surface area contributed by atoms with Crippen molar-refractivity contribution in [1.82, 2.24) is 10.2 Å². The molecule has 3 rings (SSSR count). The Morgan fingerprint density at radius 2 is 2.04 bits per heavy atom. The van der Waals surface area contributed by atoms with Crippen molar-refractivity contribution in [3.8, 4) is 11.3 Å². The molecule has 1 fully saturated rings. The van der Waals surface area contributed by atoms with E-state index in [1.54, 1.807) is 12.1 Å². The number of non-ortho nitro benzene ring substituents is 1. The first kappa shape index (κ1) is 17.5. The van der Waals surface area contributed by atoms with Crippen molar-refractivity contribution in [2.45, 2.75) is 19.5 Å². The highest BCUT2D eigenvalue weighted by molar-refractivity contribution is 5.85. The van der Waals surface area contributed by atoms with Crippen LogP contribution in [0.4, 0.5) is 5.69 Å². The first-order valence-electron chi connectivity index (χ1n) is 7.41. The third-order valence-corrected chi connectivity index (χ3v) is 3.86. The fourth-order valence-corrected chi connectivity index (χ4v) is 2.74. The van der Waals surface area contributed by atoms with Gasteiger partial charge in [-0.05, 0) is 31.2 Å². The standard InChI is InChI=1S/C16H19N3O3.ClH/c1-12-10-18(9-8-17-12)11-15-6-7-16(22-15)13-2-4-14(5-3-13)19(20)21;/h2-7,12,17H,8-11H2,1H3;1H/t12-;/m0./s1. The van der Waals surface area contributed by atoms with Gasteiger partial charge in [0.15, 0.2) is 0 Å². The minimum atomic E-state index is -0.400. The fourth-order valence-electron chi connectivity index (χ4n) is 2.74. The maximum Gasteiger partial charge on any atom is 0.269 e. The molecule has 0 bridgehead atoms. The van der Waals surface area contributed by atoms with Gasteiger partial charge in [-0.1, -0.05) is 0 Å². The van der Waals surface area contributed by atoms with Crippen molar-refractivity contribution < 1.29 is 9.34 Å². The summed E-state index contributed by atoms with van der Waals surface area (Å²) in [6.07, 6.45) is 0. The quantitative estimate of drug-likeness (QED) is 0.685. The summed E-state index contributed by atoms with van der Waals surface area (Å²) in [4.78, 5) is 12.6. The SMILES string of the molecule is C[C@H]1CN(Cc2ccc(-c3ccc([N+](=O)[O-])cc3)o2)CCN1.Cl. The molecule has 6 nitrogen and oxygen atoms in total. The first-order valence-corrected chi connectivity index (χ1v) is 7.41. The zero-order valence-corrected chi connectivity index (χ0v) is 13.7. The van der Waals surface area contributed by atoms with E-state index in [2.05, 4.69) is 17.1 Å². The van der Waals surface area contributed by atoms with Crippen LogP contribution in [0.3, 0.4) is 0 Å². The Morgan fingerprint density at radius 3 is 2.70 bits per heavy atom. The largest absolute Gasteiger partial charge is 0.460 e. The Bertz CT molecular complexity index is 657. The minimum Gasteiger partial charge on any atom is -0.460 e. The van der Waals surface area contributed by atoms with Crippen LogP contribution in [0.5, 0.6) is 0 Å². The van der Waals surface area contributed by atoms with Crippen LogP contribution in [0.1, 0.15) is 12.7 Å². The van der Waals surface area contributed by atoms with Crippen LogP contribution in [-0.2, 0) is 6.54 Å². The lowest BCUT2D eigenvalue weighted by Gasteiger charge is -2.31. The van der Waals surface area contributed by atoms with Gasteiger partial charge in [0, 0.05) is 43.4 Å². The van der Waals surface area contributed by atoms with Gasteiger partial charge in [-0.3, -0.25) is 15.0 Å². The Hall–Kier alpha value is -1.89. The number of furan rings is 1. The average molecular weight is 338 g/mol. The molecule has 0 spiro atoms. The summed E-state index contributed by atoms with van der Waals surface area (Å²) < 4.78 is 5.88. The smallest absolute Gasteiger partial charge is 0.269 e. The number of halogens is 1. The second-order valence-electron chi connectivity index (χ2n) is 5.66. The summed E-state index contributed by atoms with van der Waals surface area (Å²) in [5.74, 6) is 1.66. The summed E-state index contributed by atoms with van der Waals surface area (Å²) in [6.45, 7) is 5.98. The predicted octanol–water partition coefficient (Wildman–Crippen LogP) is 3.07. The van der Waals surface area contributed by atoms with Crippen LogP contribution >= 0.6 is 12.4 Å². The van der Waals surface area contributed by atoms with Crippen LogP contribution in [0, 0.1) is 10.1 Å². The van der Waals surface area contributed by atoms with Crippen LogP contribution in [0.2, 0.25) is 0 Å². The highest BCUT2D eigenvalue weighted by Crippen LogP contribution is 2.25. The number of rotatable bonds is 4. The lowest BCUT2D eigenvalue weighted by atomic mass is 10.1. The normalized spacial score (nSPS) is 18.4. The molecule has 1 saturated heterocycles. The van der Waals surface area contributed by atoms with Crippen molar-refractivity contribution >= 4 is 18.1 Å². The van der Waals surface area contributed by atoms with Crippen molar-refractivity contribution in [3.63, 3.8) is 0 Å². The summed E-state index contributed by atoms with van der Waals surface area (Å²) in [7, 11) is 0. The molecule has 1 aliphatic rings. The van der Waals surface area contributed by atoms with E-state index in [-0.39, 0.29) is 18.1 Å². The predicted molar refractivity (Wildman–Crippen MR) is 90.8 cm³/mol. The van der Waals surface area contributed by atoms with E-state index in [4.69, 9.17) is 4.42 Å². The molecule has 1 atom stereocenters. The van der Waals surface area contributed by atoms with Crippen molar-refractivity contribution in [2.75, 3.05) is 19.6 Å². The molecule has 23 heavy (non-hydrogen) atoms. The molecular formula is C16H20ClN3O3. The van der Waals surface area contributed by atoms with Crippen LogP contribution in [0.15, 0.2) is 40.8 Å². The molecular weight excluding hydrogens is 318 g/mol. The highest BCUT2D eigenvalue weighted by Gasteiger charge is 2.17. The van der Waals surface area contributed by atoms with Crippen LogP contribution in [0.25, 0.3) is 11.3 Å². The van der Waals surface area contributed by atoms with Gasteiger partial charge in [-0.15, -0.1) is 12.4 Å². The molecule has 7 heteroatoms. The highest BCUT2D eigenvalue weighted by atomic mass is 35.5. The van der Waals surface area contributed by atoms with Crippen LogP contribution < -0.4 is 5.32 Å². The van der Waals surface area contributed by atoms with E-state index >= 15 is 0 Å². The minimum absolute atomic E-state index is 0. The summed E-state index contributed by atoms with van der Waals surface area (Å²) in [6, 6.07) is 10.8. The molecule has 1 aromatic carbocycles. The Balaban J connectivity index is 0.00000192. The van der Waals surface area contributed by atoms with Gasteiger partial charge in [0.25, 0.3) is 5.69 Å². The third-order valence-electron chi connectivity index (χ3n) is 3.86. The average Bonchev–Trinajstić information content (AvgIpc) is 2.96. The first-order chi connectivity index (χ1) is 10.6. The molecule has 0 saturated carbocycles. The number of piperazine rings is 1. The van der Waals surface area contributed by atoms with Gasteiger partial charge in [0.2, 0.25) is 0 Å². The molecule has 0 aliphatic carbocycles. The van der Waals surface area contributed by atoms with E-state index in [1.165, 1.54) is 12.1 Å². The molecule has 0 amide bonds. The van der Waals surface area contributed by atoms with Gasteiger partial charge < -0.3 is 9.73 Å². The van der Waals surface area contributed by atoms with E-state index in [0.29, 0.717) is 6.04 Å². The van der Waals surface area contributed by atoms with Crippen molar-refractivity contribution in [3.05, 3.63) is 52.3 Å². The maximum atomic E-state index is 10.7. The molecule has 0 radical (unpaired) electrons. The van der Waals surface area contributed by atoms with E-state index < -0.39 is 4.92 Å². The molecule has 124 valence electrons. The number of nitro benzene ring substituents is 1. The second kappa shape index (κ2) is 7.59. The number of nitro groups is 1. The Kier molecular flexibility index (Phi) is 5.76. The molecule has 2 heterocycles. The number of nitrogens with zero attached hydrogens (tertiary/aromatic N) is 2.